The van der Waals surface area contributed by atoms with Crippen LogP contribution in [0, 0.1) is 5.41 Å². The molecule has 1 fully saturated rings. The third-order valence-electron chi connectivity index (χ3n) is 3.17. The molecule has 0 saturated heterocycles. The molecule has 2 rings (SSSR count). The summed E-state index contributed by atoms with van der Waals surface area (Å²) in [4.78, 5) is 12.2. The van der Waals surface area contributed by atoms with Crippen molar-refractivity contribution in [2.24, 2.45) is 5.41 Å². The van der Waals surface area contributed by atoms with Gasteiger partial charge in [0.1, 0.15) is 0 Å². The van der Waals surface area contributed by atoms with Crippen molar-refractivity contribution in [2.75, 3.05) is 6.26 Å². The zero-order chi connectivity index (χ0) is 11.8. The number of aliphatic hydroxyl groups is 1. The van der Waals surface area contributed by atoms with Gasteiger partial charge in [0.15, 0.2) is 0 Å². The Bertz CT molecular complexity index is 395. The maximum absolute atomic E-state index is 11.1. The van der Waals surface area contributed by atoms with Crippen molar-refractivity contribution in [3.05, 3.63) is 29.8 Å². The van der Waals surface area contributed by atoms with Crippen LogP contribution in [0.4, 0.5) is 0 Å². The number of hydrogen-bond acceptors (Lipinski definition) is 3. The smallest absolute Gasteiger partial charge is 0.312 e. The lowest BCUT2D eigenvalue weighted by atomic mass is 9.93. The first kappa shape index (κ1) is 11.5. The lowest BCUT2D eigenvalue weighted by molar-refractivity contribution is -0.148. The summed E-state index contributed by atoms with van der Waals surface area (Å²) in [5.41, 5.74) is -0.237. The van der Waals surface area contributed by atoms with Crippen molar-refractivity contribution in [2.45, 2.75) is 23.8 Å². The van der Waals surface area contributed by atoms with Crippen LogP contribution in [0.3, 0.4) is 0 Å². The van der Waals surface area contributed by atoms with Crippen LogP contribution in [0.25, 0.3) is 0 Å². The van der Waals surface area contributed by atoms with Crippen molar-refractivity contribution in [3.8, 4) is 0 Å². The Morgan fingerprint density at radius 2 is 1.94 bits per heavy atom. The third kappa shape index (κ3) is 1.83. The number of aliphatic carboxylic acids is 1. The van der Waals surface area contributed by atoms with E-state index in [9.17, 15) is 9.90 Å². The standard InChI is InChI=1S/C12H14O3S/c1-16-9-4-2-8(3-5-9)10(13)12(6-7-12)11(14)15/h2-5,10,13H,6-7H2,1H3,(H,14,15). The first-order chi connectivity index (χ1) is 7.60. The lowest BCUT2D eigenvalue weighted by Crippen LogP contribution is -2.23. The van der Waals surface area contributed by atoms with Gasteiger partial charge >= 0.3 is 5.97 Å². The van der Waals surface area contributed by atoms with E-state index in [4.69, 9.17) is 5.11 Å². The maximum Gasteiger partial charge on any atom is 0.312 e. The van der Waals surface area contributed by atoms with E-state index in [2.05, 4.69) is 0 Å². The summed E-state index contributed by atoms with van der Waals surface area (Å²) in [5, 5.41) is 19.1. The minimum Gasteiger partial charge on any atom is -0.481 e. The monoisotopic (exact) mass is 238 g/mol. The second kappa shape index (κ2) is 4.11. The van der Waals surface area contributed by atoms with E-state index in [1.165, 1.54) is 0 Å². The van der Waals surface area contributed by atoms with Gasteiger partial charge in [-0.2, -0.15) is 0 Å². The molecular formula is C12H14O3S. The van der Waals surface area contributed by atoms with Gasteiger partial charge in [-0.15, -0.1) is 11.8 Å². The second-order valence-corrected chi connectivity index (χ2v) is 5.02. The zero-order valence-corrected chi connectivity index (χ0v) is 9.83. The number of hydrogen-bond donors (Lipinski definition) is 2. The molecule has 1 aliphatic rings. The molecule has 1 aromatic rings. The highest BCUT2D eigenvalue weighted by molar-refractivity contribution is 7.98. The van der Waals surface area contributed by atoms with E-state index in [-0.39, 0.29) is 0 Å². The average Bonchev–Trinajstić information content (AvgIpc) is 3.09. The molecule has 0 radical (unpaired) electrons. The van der Waals surface area contributed by atoms with E-state index in [0.29, 0.717) is 18.4 Å². The fourth-order valence-corrected chi connectivity index (χ4v) is 2.25. The number of carbonyl (C=O) groups is 1. The van der Waals surface area contributed by atoms with E-state index in [0.717, 1.165) is 4.90 Å². The Kier molecular flexibility index (Phi) is 2.95. The Morgan fingerprint density at radius 3 is 2.31 bits per heavy atom. The molecule has 0 spiro atoms. The van der Waals surface area contributed by atoms with Crippen LogP contribution in [-0.2, 0) is 4.79 Å². The van der Waals surface area contributed by atoms with E-state index in [1.807, 2.05) is 18.4 Å². The number of rotatable bonds is 4. The zero-order valence-electron chi connectivity index (χ0n) is 9.01. The molecule has 1 aliphatic carbocycles. The lowest BCUT2D eigenvalue weighted by Gasteiger charge is -2.18. The molecule has 1 unspecified atom stereocenters. The van der Waals surface area contributed by atoms with Gasteiger partial charge in [0.2, 0.25) is 0 Å². The highest BCUT2D eigenvalue weighted by Crippen LogP contribution is 2.55. The molecular weight excluding hydrogens is 224 g/mol. The van der Waals surface area contributed by atoms with Gasteiger partial charge in [-0.25, -0.2) is 0 Å². The topological polar surface area (TPSA) is 57.5 Å². The molecule has 16 heavy (non-hydrogen) atoms. The van der Waals surface area contributed by atoms with Crippen LogP contribution in [0.15, 0.2) is 29.2 Å². The van der Waals surface area contributed by atoms with Crippen LogP contribution in [0.2, 0.25) is 0 Å². The van der Waals surface area contributed by atoms with Gasteiger partial charge < -0.3 is 10.2 Å². The molecule has 4 heteroatoms. The van der Waals surface area contributed by atoms with E-state index >= 15 is 0 Å². The van der Waals surface area contributed by atoms with Gasteiger partial charge in [-0.05, 0) is 36.8 Å². The first-order valence-corrected chi connectivity index (χ1v) is 6.38. The van der Waals surface area contributed by atoms with E-state index < -0.39 is 17.5 Å². The molecule has 3 nitrogen and oxygen atoms in total. The summed E-state index contributed by atoms with van der Waals surface area (Å²) < 4.78 is 0. The maximum atomic E-state index is 11.1. The summed E-state index contributed by atoms with van der Waals surface area (Å²) in [7, 11) is 0. The number of benzene rings is 1. The van der Waals surface area contributed by atoms with Crippen LogP contribution in [0.1, 0.15) is 24.5 Å². The highest BCUT2D eigenvalue weighted by Gasteiger charge is 2.56. The Labute approximate surface area is 98.5 Å². The Morgan fingerprint density at radius 1 is 1.38 bits per heavy atom. The fraction of sp³-hybridized carbons (Fsp3) is 0.417. The van der Waals surface area contributed by atoms with Gasteiger partial charge in [-0.1, -0.05) is 12.1 Å². The third-order valence-corrected chi connectivity index (χ3v) is 3.91. The number of carboxylic acids is 1. The molecule has 86 valence electrons. The summed E-state index contributed by atoms with van der Waals surface area (Å²) >= 11 is 1.62. The minimum atomic E-state index is -0.930. The van der Waals surface area contributed by atoms with Crippen molar-refractivity contribution in [3.63, 3.8) is 0 Å². The van der Waals surface area contributed by atoms with Crippen molar-refractivity contribution in [1.82, 2.24) is 0 Å². The molecule has 0 bridgehead atoms. The molecule has 0 heterocycles. The van der Waals surface area contributed by atoms with E-state index in [1.54, 1.807) is 23.9 Å². The summed E-state index contributed by atoms with van der Waals surface area (Å²) in [6.07, 6.45) is 2.22. The summed E-state index contributed by atoms with van der Waals surface area (Å²) in [5.74, 6) is -0.894. The number of thioether (sulfide) groups is 1. The van der Waals surface area contributed by atoms with Crippen molar-refractivity contribution < 1.29 is 15.0 Å². The molecule has 0 aromatic heterocycles. The molecule has 1 atom stereocenters. The second-order valence-electron chi connectivity index (χ2n) is 4.14. The number of aliphatic hydroxyl groups excluding tert-OH is 1. The quantitative estimate of drug-likeness (QED) is 0.790. The van der Waals surface area contributed by atoms with Gasteiger partial charge in [0.05, 0.1) is 11.5 Å². The molecule has 1 saturated carbocycles. The molecule has 1 aromatic carbocycles. The molecule has 2 N–H and O–H groups in total. The van der Waals surface area contributed by atoms with Gasteiger partial charge in [-0.3, -0.25) is 4.79 Å². The predicted octanol–water partition coefficient (Wildman–Crippen LogP) is 2.31. The predicted molar refractivity (Wildman–Crippen MR) is 62.5 cm³/mol. The largest absolute Gasteiger partial charge is 0.481 e. The number of carboxylic acid groups (broad SMARTS) is 1. The summed E-state index contributed by atoms with van der Waals surface area (Å²) in [6, 6.07) is 7.42. The van der Waals surface area contributed by atoms with Crippen LogP contribution < -0.4 is 0 Å². The SMILES string of the molecule is CSc1ccc(C(O)C2(C(=O)O)CC2)cc1. The summed E-state index contributed by atoms with van der Waals surface area (Å²) in [6.45, 7) is 0. The van der Waals surface area contributed by atoms with Crippen LogP contribution >= 0.6 is 11.8 Å². The van der Waals surface area contributed by atoms with Crippen molar-refractivity contribution >= 4 is 17.7 Å². The van der Waals surface area contributed by atoms with Crippen LogP contribution in [-0.4, -0.2) is 22.4 Å². The normalized spacial score (nSPS) is 19.1. The molecule has 0 aliphatic heterocycles. The average molecular weight is 238 g/mol. The first-order valence-electron chi connectivity index (χ1n) is 5.15. The van der Waals surface area contributed by atoms with Crippen LogP contribution in [0.5, 0.6) is 0 Å². The highest BCUT2D eigenvalue weighted by atomic mass is 32.2. The fourth-order valence-electron chi connectivity index (χ4n) is 1.84. The minimum absolute atomic E-state index is 0.563. The Balaban J connectivity index is 2.21. The van der Waals surface area contributed by atoms with Crippen molar-refractivity contribution in [1.29, 1.82) is 0 Å². The van der Waals surface area contributed by atoms with Gasteiger partial charge in [0.25, 0.3) is 0 Å². The Hall–Kier alpha value is -1.00. The van der Waals surface area contributed by atoms with Gasteiger partial charge in [0, 0.05) is 4.90 Å². The molecule has 0 amide bonds.